The molecule has 110 valence electrons. The molecule has 0 saturated carbocycles. The molecule has 0 bridgehead atoms. The SMILES string of the molecule is CCCCC(C)C(C)(O)CCn1[nH]c(=O)n(C)c1=O. The minimum Gasteiger partial charge on any atom is -0.390 e. The smallest absolute Gasteiger partial charge is 0.346 e. The lowest BCUT2D eigenvalue weighted by Gasteiger charge is -2.30. The maximum atomic E-state index is 11.7. The third-order valence-corrected chi connectivity index (χ3v) is 3.95. The summed E-state index contributed by atoms with van der Waals surface area (Å²) < 4.78 is 2.28. The van der Waals surface area contributed by atoms with Gasteiger partial charge in [0.2, 0.25) is 0 Å². The second kappa shape index (κ2) is 6.23. The Morgan fingerprint density at radius 1 is 1.42 bits per heavy atom. The fourth-order valence-electron chi connectivity index (χ4n) is 2.06. The van der Waals surface area contributed by atoms with Crippen LogP contribution in [0.5, 0.6) is 0 Å². The summed E-state index contributed by atoms with van der Waals surface area (Å²) in [7, 11) is 1.43. The van der Waals surface area contributed by atoms with Gasteiger partial charge >= 0.3 is 11.4 Å². The molecule has 0 aliphatic carbocycles. The zero-order valence-corrected chi connectivity index (χ0v) is 12.3. The topological polar surface area (TPSA) is 80.0 Å². The average Bonchev–Trinajstić information content (AvgIpc) is 2.61. The van der Waals surface area contributed by atoms with Crippen molar-refractivity contribution in [3.05, 3.63) is 21.0 Å². The van der Waals surface area contributed by atoms with E-state index < -0.39 is 11.3 Å². The van der Waals surface area contributed by atoms with E-state index in [2.05, 4.69) is 12.0 Å². The minimum absolute atomic E-state index is 0.165. The highest BCUT2D eigenvalue weighted by atomic mass is 16.3. The molecular formula is C13H25N3O3. The third kappa shape index (κ3) is 3.83. The van der Waals surface area contributed by atoms with Crippen LogP contribution in [-0.2, 0) is 13.6 Å². The first-order valence-electron chi connectivity index (χ1n) is 6.87. The molecule has 0 fully saturated rings. The molecule has 1 aromatic rings. The van der Waals surface area contributed by atoms with Crippen molar-refractivity contribution in [2.24, 2.45) is 13.0 Å². The van der Waals surface area contributed by atoms with Gasteiger partial charge in [-0.2, -0.15) is 0 Å². The second-order valence-corrected chi connectivity index (χ2v) is 5.56. The van der Waals surface area contributed by atoms with E-state index in [9.17, 15) is 14.7 Å². The van der Waals surface area contributed by atoms with Gasteiger partial charge in [0.1, 0.15) is 0 Å². The van der Waals surface area contributed by atoms with Gasteiger partial charge in [0.05, 0.1) is 5.60 Å². The predicted molar refractivity (Wildman–Crippen MR) is 74.2 cm³/mol. The van der Waals surface area contributed by atoms with Crippen molar-refractivity contribution >= 4 is 0 Å². The summed E-state index contributed by atoms with van der Waals surface area (Å²) in [5.41, 5.74) is -1.63. The normalized spacial score (nSPS) is 16.3. The summed E-state index contributed by atoms with van der Waals surface area (Å²) in [5.74, 6) is 0.165. The van der Waals surface area contributed by atoms with Crippen LogP contribution in [0.15, 0.2) is 9.59 Å². The monoisotopic (exact) mass is 271 g/mol. The Labute approximate surface area is 113 Å². The summed E-state index contributed by atoms with van der Waals surface area (Å²) in [6, 6.07) is 0. The number of unbranched alkanes of at least 4 members (excludes halogenated alkanes) is 1. The molecule has 0 aliphatic rings. The molecule has 0 amide bonds. The number of aryl methyl sites for hydroxylation is 1. The maximum Gasteiger partial charge on any atom is 0.346 e. The quantitative estimate of drug-likeness (QED) is 0.771. The van der Waals surface area contributed by atoms with Crippen molar-refractivity contribution < 1.29 is 5.11 Å². The first-order chi connectivity index (χ1) is 8.79. The zero-order chi connectivity index (χ0) is 14.6. The number of hydrogen-bond donors (Lipinski definition) is 2. The van der Waals surface area contributed by atoms with E-state index in [1.165, 1.54) is 11.7 Å². The van der Waals surface area contributed by atoms with Gasteiger partial charge in [0.15, 0.2) is 0 Å². The number of H-pyrrole nitrogens is 1. The van der Waals surface area contributed by atoms with Crippen LogP contribution in [-0.4, -0.2) is 25.1 Å². The van der Waals surface area contributed by atoms with Gasteiger partial charge in [0, 0.05) is 13.6 Å². The van der Waals surface area contributed by atoms with Gasteiger partial charge in [-0.05, 0) is 25.7 Å². The van der Waals surface area contributed by atoms with E-state index >= 15 is 0 Å². The van der Waals surface area contributed by atoms with Gasteiger partial charge < -0.3 is 5.11 Å². The van der Waals surface area contributed by atoms with E-state index in [0.29, 0.717) is 13.0 Å². The molecule has 0 aliphatic heterocycles. The lowest BCUT2D eigenvalue weighted by molar-refractivity contribution is -0.0103. The number of nitrogens with zero attached hydrogens (tertiary/aromatic N) is 2. The van der Waals surface area contributed by atoms with E-state index in [1.54, 1.807) is 6.92 Å². The molecule has 1 heterocycles. The molecule has 0 radical (unpaired) electrons. The number of hydrogen-bond acceptors (Lipinski definition) is 3. The van der Waals surface area contributed by atoms with Crippen molar-refractivity contribution in [2.45, 2.75) is 58.6 Å². The van der Waals surface area contributed by atoms with Crippen LogP contribution in [0.3, 0.4) is 0 Å². The van der Waals surface area contributed by atoms with Crippen molar-refractivity contribution in [2.75, 3.05) is 0 Å². The molecule has 6 nitrogen and oxygen atoms in total. The van der Waals surface area contributed by atoms with E-state index in [1.807, 2.05) is 6.92 Å². The second-order valence-electron chi connectivity index (χ2n) is 5.56. The fraction of sp³-hybridized carbons (Fsp3) is 0.846. The standard InChI is InChI=1S/C13H25N3O3/c1-5-6-7-10(2)13(3,19)8-9-16-12(18)15(4)11(17)14-16/h10,19H,5-9H2,1-4H3,(H,14,17). The lowest BCUT2D eigenvalue weighted by atomic mass is 9.84. The Balaban J connectivity index is 2.66. The molecule has 1 rings (SSSR count). The van der Waals surface area contributed by atoms with Crippen LogP contribution < -0.4 is 11.4 Å². The van der Waals surface area contributed by atoms with Gasteiger partial charge in [0.25, 0.3) is 0 Å². The average molecular weight is 271 g/mol. The van der Waals surface area contributed by atoms with Gasteiger partial charge in [-0.1, -0.05) is 26.7 Å². The molecule has 1 aromatic heterocycles. The van der Waals surface area contributed by atoms with Crippen LogP contribution in [0.4, 0.5) is 0 Å². The highest BCUT2D eigenvalue weighted by Gasteiger charge is 2.27. The Morgan fingerprint density at radius 3 is 2.53 bits per heavy atom. The molecule has 2 N–H and O–H groups in total. The Kier molecular flexibility index (Phi) is 5.17. The van der Waals surface area contributed by atoms with Crippen LogP contribution in [0, 0.1) is 5.92 Å². The first-order valence-corrected chi connectivity index (χ1v) is 6.87. The molecule has 2 atom stereocenters. The molecule has 0 spiro atoms. The van der Waals surface area contributed by atoms with Gasteiger partial charge in [-0.15, -0.1) is 0 Å². The molecule has 0 aromatic carbocycles. The van der Waals surface area contributed by atoms with Crippen LogP contribution in [0.2, 0.25) is 0 Å². The van der Waals surface area contributed by atoms with Crippen molar-refractivity contribution in [1.82, 2.24) is 14.3 Å². The summed E-state index contributed by atoms with van der Waals surface area (Å²) in [6.07, 6.45) is 3.59. The van der Waals surface area contributed by atoms with Crippen LogP contribution in [0.25, 0.3) is 0 Å². The van der Waals surface area contributed by atoms with E-state index in [4.69, 9.17) is 0 Å². The molecular weight excluding hydrogens is 246 g/mol. The zero-order valence-electron chi connectivity index (χ0n) is 12.3. The van der Waals surface area contributed by atoms with E-state index in [0.717, 1.165) is 23.8 Å². The minimum atomic E-state index is -0.832. The van der Waals surface area contributed by atoms with Crippen molar-refractivity contribution in [3.8, 4) is 0 Å². The highest BCUT2D eigenvalue weighted by Crippen LogP contribution is 2.25. The fourth-order valence-corrected chi connectivity index (χ4v) is 2.06. The largest absolute Gasteiger partial charge is 0.390 e. The summed E-state index contributed by atoms with van der Waals surface area (Å²) >= 11 is 0. The van der Waals surface area contributed by atoms with Gasteiger partial charge in [-0.3, -0.25) is 0 Å². The summed E-state index contributed by atoms with van der Waals surface area (Å²) in [4.78, 5) is 22.9. The Hall–Kier alpha value is -1.30. The van der Waals surface area contributed by atoms with Gasteiger partial charge in [-0.25, -0.2) is 23.9 Å². The highest BCUT2D eigenvalue weighted by molar-refractivity contribution is 4.80. The number of aliphatic hydroxyl groups is 1. The van der Waals surface area contributed by atoms with Crippen molar-refractivity contribution in [1.29, 1.82) is 0 Å². The predicted octanol–water partition coefficient (Wildman–Crippen LogP) is 0.843. The third-order valence-electron chi connectivity index (χ3n) is 3.95. The lowest BCUT2D eigenvalue weighted by Crippen LogP contribution is -2.36. The maximum absolute atomic E-state index is 11.7. The molecule has 0 saturated heterocycles. The number of rotatable bonds is 7. The number of aromatic nitrogens is 3. The van der Waals surface area contributed by atoms with Crippen LogP contribution >= 0.6 is 0 Å². The Bertz CT molecular complexity index is 510. The first kappa shape index (κ1) is 15.8. The Morgan fingerprint density at radius 2 is 2.05 bits per heavy atom. The number of aromatic amines is 1. The van der Waals surface area contributed by atoms with Crippen molar-refractivity contribution in [3.63, 3.8) is 0 Å². The molecule has 6 heteroatoms. The number of nitrogens with one attached hydrogen (secondary N) is 1. The summed E-state index contributed by atoms with van der Waals surface area (Å²) in [6.45, 7) is 6.25. The van der Waals surface area contributed by atoms with E-state index in [-0.39, 0.29) is 11.6 Å². The van der Waals surface area contributed by atoms with Crippen LogP contribution in [0.1, 0.15) is 46.5 Å². The summed E-state index contributed by atoms with van der Waals surface area (Å²) in [5, 5.41) is 12.9. The molecule has 2 unspecified atom stereocenters. The molecule has 19 heavy (non-hydrogen) atoms.